The molecule has 1 fully saturated rings. The van der Waals surface area contributed by atoms with E-state index in [9.17, 15) is 4.79 Å². The van der Waals surface area contributed by atoms with Crippen molar-refractivity contribution < 1.29 is 4.79 Å². The smallest absolute Gasteiger partial charge is 0.132 e. The molecule has 0 aromatic carbocycles. The molecule has 0 radical (unpaired) electrons. The van der Waals surface area contributed by atoms with Gasteiger partial charge in [0, 0.05) is 12.8 Å². The van der Waals surface area contributed by atoms with E-state index >= 15 is 0 Å². The molecule has 1 rings (SSSR count). The second-order valence-electron chi connectivity index (χ2n) is 4.97. The maximum atomic E-state index is 11.4. The number of hydrogen-bond acceptors (Lipinski definition) is 1. The molecule has 0 saturated heterocycles. The van der Waals surface area contributed by atoms with Gasteiger partial charge in [-0.2, -0.15) is 0 Å². The van der Waals surface area contributed by atoms with Crippen molar-refractivity contribution >= 4 is 5.78 Å². The summed E-state index contributed by atoms with van der Waals surface area (Å²) in [6, 6.07) is 0. The fourth-order valence-corrected chi connectivity index (χ4v) is 2.59. The Kier molecular flexibility index (Phi) is 5.21. The summed E-state index contributed by atoms with van der Waals surface area (Å²) in [6.07, 6.45) is 9.31. The summed E-state index contributed by atoms with van der Waals surface area (Å²) < 4.78 is 0. The molecule has 82 valence electrons. The molecule has 1 aliphatic carbocycles. The van der Waals surface area contributed by atoms with Crippen molar-refractivity contribution in [3.63, 3.8) is 0 Å². The highest BCUT2D eigenvalue weighted by molar-refractivity contribution is 5.78. The first-order valence-corrected chi connectivity index (χ1v) is 6.24. The molecule has 2 unspecified atom stereocenters. The topological polar surface area (TPSA) is 17.1 Å². The molecule has 1 nitrogen and oxygen atoms in total. The normalized spacial score (nSPS) is 27.6. The van der Waals surface area contributed by atoms with Gasteiger partial charge in [-0.3, -0.25) is 4.79 Å². The van der Waals surface area contributed by atoms with Crippen molar-refractivity contribution in [3.8, 4) is 0 Å². The van der Waals surface area contributed by atoms with Gasteiger partial charge in [0.15, 0.2) is 0 Å². The molecule has 0 aliphatic heterocycles. The van der Waals surface area contributed by atoms with Crippen LogP contribution in [0, 0.1) is 11.8 Å². The molecule has 0 aromatic rings. The fraction of sp³-hybridized carbons (Fsp3) is 0.923. The SMILES string of the molecule is CCCC(=O)CCC1CCCC(C)C1. The van der Waals surface area contributed by atoms with Gasteiger partial charge < -0.3 is 0 Å². The Morgan fingerprint density at radius 2 is 2.07 bits per heavy atom. The quantitative estimate of drug-likeness (QED) is 0.650. The van der Waals surface area contributed by atoms with E-state index in [1.807, 2.05) is 0 Å². The monoisotopic (exact) mass is 196 g/mol. The van der Waals surface area contributed by atoms with Gasteiger partial charge in [-0.25, -0.2) is 0 Å². The molecule has 0 amide bonds. The summed E-state index contributed by atoms with van der Waals surface area (Å²) >= 11 is 0. The second kappa shape index (κ2) is 6.21. The van der Waals surface area contributed by atoms with Crippen LogP contribution in [0.5, 0.6) is 0 Å². The number of ketones is 1. The second-order valence-corrected chi connectivity index (χ2v) is 4.97. The summed E-state index contributed by atoms with van der Waals surface area (Å²) in [6.45, 7) is 4.43. The van der Waals surface area contributed by atoms with Crippen LogP contribution >= 0.6 is 0 Å². The Morgan fingerprint density at radius 3 is 2.71 bits per heavy atom. The van der Waals surface area contributed by atoms with Gasteiger partial charge in [-0.05, 0) is 31.1 Å². The summed E-state index contributed by atoms with van der Waals surface area (Å²) in [7, 11) is 0. The Hall–Kier alpha value is -0.330. The molecule has 0 spiro atoms. The van der Waals surface area contributed by atoms with Gasteiger partial charge in [0.05, 0.1) is 0 Å². The molecule has 0 aromatic heterocycles. The average molecular weight is 196 g/mol. The molecule has 0 bridgehead atoms. The van der Waals surface area contributed by atoms with Crippen molar-refractivity contribution in [2.45, 2.75) is 65.2 Å². The first-order valence-electron chi connectivity index (χ1n) is 6.24. The van der Waals surface area contributed by atoms with Crippen LogP contribution in [0.2, 0.25) is 0 Å². The third-order valence-corrected chi connectivity index (χ3v) is 3.41. The summed E-state index contributed by atoms with van der Waals surface area (Å²) in [5, 5.41) is 0. The summed E-state index contributed by atoms with van der Waals surface area (Å²) in [5.41, 5.74) is 0. The van der Waals surface area contributed by atoms with Gasteiger partial charge in [0.25, 0.3) is 0 Å². The Labute approximate surface area is 88.3 Å². The van der Waals surface area contributed by atoms with E-state index in [4.69, 9.17) is 0 Å². The van der Waals surface area contributed by atoms with E-state index in [0.717, 1.165) is 37.5 Å². The van der Waals surface area contributed by atoms with Crippen molar-refractivity contribution in [2.75, 3.05) is 0 Å². The molecule has 14 heavy (non-hydrogen) atoms. The highest BCUT2D eigenvalue weighted by Crippen LogP contribution is 2.31. The number of rotatable bonds is 5. The molecule has 0 heterocycles. The predicted octanol–water partition coefficient (Wildman–Crippen LogP) is 3.96. The van der Waals surface area contributed by atoms with Crippen LogP contribution in [0.4, 0.5) is 0 Å². The van der Waals surface area contributed by atoms with Gasteiger partial charge in [-0.15, -0.1) is 0 Å². The number of carbonyl (C=O) groups excluding carboxylic acids is 1. The lowest BCUT2D eigenvalue weighted by atomic mass is 9.80. The van der Waals surface area contributed by atoms with Gasteiger partial charge in [0.2, 0.25) is 0 Å². The van der Waals surface area contributed by atoms with Gasteiger partial charge in [-0.1, -0.05) is 33.1 Å². The highest BCUT2D eigenvalue weighted by atomic mass is 16.1. The minimum Gasteiger partial charge on any atom is -0.300 e. The van der Waals surface area contributed by atoms with Crippen LogP contribution in [0.1, 0.15) is 65.2 Å². The number of hydrogen-bond donors (Lipinski definition) is 0. The molecule has 1 aliphatic rings. The van der Waals surface area contributed by atoms with E-state index in [0.29, 0.717) is 5.78 Å². The molecule has 2 atom stereocenters. The lowest BCUT2D eigenvalue weighted by molar-refractivity contribution is -0.119. The lowest BCUT2D eigenvalue weighted by Gasteiger charge is -2.26. The predicted molar refractivity (Wildman–Crippen MR) is 60.3 cm³/mol. The van der Waals surface area contributed by atoms with E-state index in [1.54, 1.807) is 0 Å². The first-order chi connectivity index (χ1) is 6.72. The van der Waals surface area contributed by atoms with Crippen molar-refractivity contribution in [2.24, 2.45) is 11.8 Å². The van der Waals surface area contributed by atoms with E-state index in [2.05, 4.69) is 13.8 Å². The molecule has 1 heteroatoms. The van der Waals surface area contributed by atoms with E-state index in [1.165, 1.54) is 25.7 Å². The molecule has 0 N–H and O–H groups in total. The Morgan fingerprint density at radius 1 is 1.29 bits per heavy atom. The van der Waals surface area contributed by atoms with Crippen LogP contribution in [0.15, 0.2) is 0 Å². The lowest BCUT2D eigenvalue weighted by Crippen LogP contribution is -2.14. The Balaban J connectivity index is 2.14. The molecular weight excluding hydrogens is 172 g/mol. The molecule has 1 saturated carbocycles. The van der Waals surface area contributed by atoms with Crippen molar-refractivity contribution in [3.05, 3.63) is 0 Å². The minimum absolute atomic E-state index is 0.478. The van der Waals surface area contributed by atoms with E-state index < -0.39 is 0 Å². The zero-order valence-electron chi connectivity index (χ0n) is 9.72. The van der Waals surface area contributed by atoms with Crippen molar-refractivity contribution in [1.29, 1.82) is 0 Å². The van der Waals surface area contributed by atoms with Crippen LogP contribution in [0.25, 0.3) is 0 Å². The third kappa shape index (κ3) is 4.26. The summed E-state index contributed by atoms with van der Waals surface area (Å²) in [4.78, 5) is 11.4. The average Bonchev–Trinajstić information content (AvgIpc) is 2.15. The maximum absolute atomic E-state index is 11.4. The third-order valence-electron chi connectivity index (χ3n) is 3.41. The number of carbonyl (C=O) groups is 1. The van der Waals surface area contributed by atoms with Gasteiger partial charge in [0.1, 0.15) is 5.78 Å². The maximum Gasteiger partial charge on any atom is 0.132 e. The summed E-state index contributed by atoms with van der Waals surface area (Å²) in [5.74, 6) is 2.22. The van der Waals surface area contributed by atoms with Crippen molar-refractivity contribution in [1.82, 2.24) is 0 Å². The van der Waals surface area contributed by atoms with Crippen LogP contribution in [-0.2, 0) is 4.79 Å². The van der Waals surface area contributed by atoms with Crippen LogP contribution < -0.4 is 0 Å². The van der Waals surface area contributed by atoms with E-state index in [-0.39, 0.29) is 0 Å². The molecular formula is C13H24O. The largest absolute Gasteiger partial charge is 0.300 e. The zero-order valence-corrected chi connectivity index (χ0v) is 9.72. The highest BCUT2D eigenvalue weighted by Gasteiger charge is 2.19. The minimum atomic E-state index is 0.478. The van der Waals surface area contributed by atoms with Gasteiger partial charge >= 0.3 is 0 Å². The number of Topliss-reactive ketones (excluding diaryl/α,β-unsaturated/α-hetero) is 1. The Bertz CT molecular complexity index is 174. The van der Waals surface area contributed by atoms with Crippen LogP contribution in [0.3, 0.4) is 0 Å². The fourth-order valence-electron chi connectivity index (χ4n) is 2.59. The standard InChI is InChI=1S/C13H24O/c1-3-5-13(14)9-8-12-7-4-6-11(2)10-12/h11-12H,3-10H2,1-2H3. The zero-order chi connectivity index (χ0) is 10.4. The van der Waals surface area contributed by atoms with Crippen LogP contribution in [-0.4, -0.2) is 5.78 Å². The first kappa shape index (κ1) is 11.7.